The topological polar surface area (TPSA) is 59.8 Å². The van der Waals surface area contributed by atoms with Gasteiger partial charge in [-0.1, -0.05) is 42.8 Å². The Kier molecular flexibility index (Phi) is 4.78. The molecule has 1 aromatic carbocycles. The lowest BCUT2D eigenvalue weighted by Gasteiger charge is -2.09. The number of nitrogens with one attached hydrogen (secondary N) is 1. The number of pyridine rings is 1. The van der Waals surface area contributed by atoms with Crippen molar-refractivity contribution in [1.82, 2.24) is 19.9 Å². The van der Waals surface area contributed by atoms with Gasteiger partial charge in [0.1, 0.15) is 11.5 Å². The Balaban J connectivity index is 1.65. The van der Waals surface area contributed by atoms with Gasteiger partial charge in [-0.2, -0.15) is 0 Å². The Bertz CT molecular complexity index is 887. The first-order valence-corrected chi connectivity index (χ1v) is 9.15. The predicted octanol–water partition coefficient (Wildman–Crippen LogP) is 3.60. The highest BCUT2D eigenvalue weighted by atomic mass is 16.1. The van der Waals surface area contributed by atoms with Crippen LogP contribution in [-0.4, -0.2) is 20.4 Å². The molecule has 0 spiro atoms. The molecule has 0 radical (unpaired) electrons. The normalized spacial score (nSPS) is 13.7. The van der Waals surface area contributed by atoms with E-state index >= 15 is 0 Å². The maximum atomic E-state index is 12.8. The van der Waals surface area contributed by atoms with E-state index in [1.165, 1.54) is 6.42 Å². The molecule has 5 nitrogen and oxygen atoms in total. The van der Waals surface area contributed by atoms with Gasteiger partial charge in [-0.25, -0.2) is 4.98 Å². The van der Waals surface area contributed by atoms with Gasteiger partial charge in [-0.05, 0) is 30.9 Å². The summed E-state index contributed by atoms with van der Waals surface area (Å²) in [6.07, 6.45) is 7.81. The molecule has 0 saturated carbocycles. The zero-order chi connectivity index (χ0) is 17.8. The molecule has 0 fully saturated rings. The Morgan fingerprint density at radius 2 is 1.96 bits per heavy atom. The van der Waals surface area contributed by atoms with Gasteiger partial charge >= 0.3 is 0 Å². The number of benzene rings is 1. The van der Waals surface area contributed by atoms with Crippen LogP contribution in [0.3, 0.4) is 0 Å². The molecule has 1 aliphatic heterocycles. The summed E-state index contributed by atoms with van der Waals surface area (Å²) in [5, 5.41) is 3.00. The van der Waals surface area contributed by atoms with Crippen LogP contribution in [0, 0.1) is 0 Å². The zero-order valence-corrected chi connectivity index (χ0v) is 14.7. The molecule has 2 aromatic heterocycles. The van der Waals surface area contributed by atoms with Crippen LogP contribution >= 0.6 is 0 Å². The molecule has 4 rings (SSSR count). The minimum absolute atomic E-state index is 0.110. The van der Waals surface area contributed by atoms with E-state index in [0.29, 0.717) is 12.2 Å². The fourth-order valence-corrected chi connectivity index (χ4v) is 3.48. The lowest BCUT2D eigenvalue weighted by Crippen LogP contribution is -2.24. The summed E-state index contributed by atoms with van der Waals surface area (Å²) >= 11 is 0. The van der Waals surface area contributed by atoms with Crippen molar-refractivity contribution in [3.8, 4) is 11.4 Å². The number of rotatable bonds is 4. The van der Waals surface area contributed by atoms with E-state index < -0.39 is 0 Å². The quantitative estimate of drug-likeness (QED) is 0.785. The largest absolute Gasteiger partial charge is 0.347 e. The average Bonchev–Trinajstić information content (AvgIpc) is 2.89. The summed E-state index contributed by atoms with van der Waals surface area (Å²) in [6.45, 7) is 1.38. The van der Waals surface area contributed by atoms with E-state index in [1.54, 1.807) is 12.4 Å². The summed E-state index contributed by atoms with van der Waals surface area (Å²) < 4.78 is 2.24. The van der Waals surface area contributed by atoms with E-state index in [2.05, 4.69) is 27.0 Å². The van der Waals surface area contributed by atoms with Crippen LogP contribution in [0.1, 0.15) is 41.0 Å². The maximum Gasteiger partial charge on any atom is 0.272 e. The van der Waals surface area contributed by atoms with Gasteiger partial charge in [-0.3, -0.25) is 9.78 Å². The Hall–Kier alpha value is -2.95. The number of amides is 1. The molecule has 5 heteroatoms. The fourth-order valence-electron chi connectivity index (χ4n) is 3.48. The summed E-state index contributed by atoms with van der Waals surface area (Å²) in [7, 11) is 0. The van der Waals surface area contributed by atoms with Crippen LogP contribution in [0.4, 0.5) is 0 Å². The van der Waals surface area contributed by atoms with Crippen molar-refractivity contribution < 1.29 is 4.79 Å². The third-order valence-corrected chi connectivity index (χ3v) is 4.79. The third kappa shape index (κ3) is 3.38. The van der Waals surface area contributed by atoms with E-state index in [-0.39, 0.29) is 5.91 Å². The third-order valence-electron chi connectivity index (χ3n) is 4.79. The van der Waals surface area contributed by atoms with Gasteiger partial charge < -0.3 is 9.88 Å². The number of fused-ring (bicyclic) bond motifs is 1. The van der Waals surface area contributed by atoms with Crippen LogP contribution < -0.4 is 5.32 Å². The van der Waals surface area contributed by atoms with E-state index in [1.807, 2.05) is 30.3 Å². The fraction of sp³-hybridized carbons (Fsp3) is 0.286. The van der Waals surface area contributed by atoms with Crippen molar-refractivity contribution in [3.63, 3.8) is 0 Å². The first-order valence-electron chi connectivity index (χ1n) is 9.15. The molecular formula is C21H22N4O. The molecule has 3 heterocycles. The highest BCUT2D eigenvalue weighted by Gasteiger charge is 2.24. The molecular weight excluding hydrogens is 324 g/mol. The van der Waals surface area contributed by atoms with Crippen LogP contribution in [0.15, 0.2) is 54.9 Å². The molecule has 0 unspecified atom stereocenters. The molecule has 0 saturated heterocycles. The number of hydrogen-bond donors (Lipinski definition) is 1. The first kappa shape index (κ1) is 16.5. The molecule has 1 N–H and O–H groups in total. The minimum atomic E-state index is -0.110. The Morgan fingerprint density at radius 1 is 1.08 bits per heavy atom. The van der Waals surface area contributed by atoms with Crippen LogP contribution in [0.5, 0.6) is 0 Å². The van der Waals surface area contributed by atoms with Gasteiger partial charge in [0.25, 0.3) is 5.91 Å². The second kappa shape index (κ2) is 7.52. The van der Waals surface area contributed by atoms with Gasteiger partial charge in [0.2, 0.25) is 0 Å². The molecule has 1 aliphatic rings. The highest BCUT2D eigenvalue weighted by molar-refractivity contribution is 5.94. The average molecular weight is 346 g/mol. The van der Waals surface area contributed by atoms with E-state index in [9.17, 15) is 4.79 Å². The SMILES string of the molecule is O=C(NCc1cccnc1)c1nc(-c2ccccc2)n2c1CCCCC2. The van der Waals surface area contributed by atoms with Crippen molar-refractivity contribution in [1.29, 1.82) is 0 Å². The number of imidazole rings is 1. The monoisotopic (exact) mass is 346 g/mol. The summed E-state index contributed by atoms with van der Waals surface area (Å²) in [6, 6.07) is 14.0. The second-order valence-corrected chi connectivity index (χ2v) is 6.60. The van der Waals surface area contributed by atoms with Crippen LogP contribution in [-0.2, 0) is 19.5 Å². The van der Waals surface area contributed by atoms with Crippen molar-refractivity contribution in [2.24, 2.45) is 0 Å². The second-order valence-electron chi connectivity index (χ2n) is 6.60. The highest BCUT2D eigenvalue weighted by Crippen LogP contribution is 2.27. The number of aromatic nitrogens is 3. The Morgan fingerprint density at radius 3 is 2.77 bits per heavy atom. The summed E-state index contributed by atoms with van der Waals surface area (Å²) in [4.78, 5) is 21.7. The molecule has 26 heavy (non-hydrogen) atoms. The number of carbonyl (C=O) groups excluding carboxylic acids is 1. The molecule has 0 bridgehead atoms. The minimum Gasteiger partial charge on any atom is -0.347 e. The van der Waals surface area contributed by atoms with Crippen LogP contribution in [0.25, 0.3) is 11.4 Å². The van der Waals surface area contributed by atoms with Gasteiger partial charge in [0.15, 0.2) is 0 Å². The van der Waals surface area contributed by atoms with Gasteiger partial charge in [-0.15, -0.1) is 0 Å². The molecule has 1 amide bonds. The lowest BCUT2D eigenvalue weighted by molar-refractivity contribution is 0.0945. The molecule has 132 valence electrons. The summed E-state index contributed by atoms with van der Waals surface area (Å²) in [5.41, 5.74) is 3.66. The van der Waals surface area contributed by atoms with E-state index in [4.69, 9.17) is 4.98 Å². The van der Waals surface area contributed by atoms with Crippen molar-refractivity contribution in [2.75, 3.05) is 0 Å². The van der Waals surface area contributed by atoms with Crippen molar-refractivity contribution in [3.05, 3.63) is 71.8 Å². The lowest BCUT2D eigenvalue weighted by atomic mass is 10.1. The van der Waals surface area contributed by atoms with Crippen molar-refractivity contribution in [2.45, 2.75) is 38.8 Å². The molecule has 3 aromatic rings. The number of carbonyl (C=O) groups is 1. The zero-order valence-electron chi connectivity index (χ0n) is 14.7. The predicted molar refractivity (Wildman–Crippen MR) is 101 cm³/mol. The molecule has 0 aliphatic carbocycles. The Labute approximate surface area is 153 Å². The number of hydrogen-bond acceptors (Lipinski definition) is 3. The standard InChI is InChI=1S/C21H22N4O/c26-21(23-15-16-8-7-12-22-14-16)19-18-11-5-2-6-13-25(18)20(24-19)17-9-3-1-4-10-17/h1,3-4,7-10,12,14H,2,5-6,11,13,15H2,(H,23,26). The van der Waals surface area contributed by atoms with Gasteiger partial charge in [0, 0.05) is 31.0 Å². The number of nitrogens with zero attached hydrogens (tertiary/aromatic N) is 3. The van der Waals surface area contributed by atoms with Gasteiger partial charge in [0.05, 0.1) is 5.69 Å². The molecule has 0 atom stereocenters. The van der Waals surface area contributed by atoms with Crippen LogP contribution in [0.2, 0.25) is 0 Å². The maximum absolute atomic E-state index is 12.8. The van der Waals surface area contributed by atoms with E-state index in [0.717, 1.165) is 48.5 Å². The smallest absolute Gasteiger partial charge is 0.272 e. The first-order chi connectivity index (χ1) is 12.8. The summed E-state index contributed by atoms with van der Waals surface area (Å²) in [5.74, 6) is 0.788. The van der Waals surface area contributed by atoms with Crippen molar-refractivity contribution >= 4 is 5.91 Å².